The molecule has 0 aromatic carbocycles. The second-order valence-corrected chi connectivity index (χ2v) is 5.07. The van der Waals surface area contributed by atoms with Gasteiger partial charge in [-0.3, -0.25) is 0 Å². The molecule has 1 aliphatic carbocycles. The molecule has 0 amide bonds. The van der Waals surface area contributed by atoms with Crippen LogP contribution < -0.4 is 4.90 Å². The van der Waals surface area contributed by atoms with Crippen LogP contribution in [0.2, 0.25) is 0 Å². The normalized spacial score (nSPS) is 14.3. The molecule has 0 bridgehead atoms. The van der Waals surface area contributed by atoms with Crippen LogP contribution >= 0.6 is 0 Å². The molecule has 3 heteroatoms. The van der Waals surface area contributed by atoms with E-state index in [-0.39, 0.29) is 6.61 Å². The second-order valence-electron chi connectivity index (χ2n) is 5.07. The van der Waals surface area contributed by atoms with Gasteiger partial charge in [-0.15, -0.1) is 6.42 Å². The van der Waals surface area contributed by atoms with Crippen LogP contribution in [-0.4, -0.2) is 23.2 Å². The second kappa shape index (κ2) is 5.41. The first-order chi connectivity index (χ1) is 8.65. The fourth-order valence-corrected chi connectivity index (χ4v) is 2.25. The number of aliphatic hydroxyl groups excluding tert-OH is 1. The predicted molar refractivity (Wildman–Crippen MR) is 73.4 cm³/mol. The Kier molecular flexibility index (Phi) is 3.88. The van der Waals surface area contributed by atoms with Crippen molar-refractivity contribution in [2.45, 2.75) is 33.3 Å². The molecular weight excluding hydrogens is 224 g/mol. The van der Waals surface area contributed by atoms with Crippen molar-refractivity contribution in [3.63, 3.8) is 0 Å². The molecule has 0 aliphatic heterocycles. The maximum Gasteiger partial charge on any atom is 0.135 e. The fourth-order valence-electron chi connectivity index (χ4n) is 2.25. The highest BCUT2D eigenvalue weighted by molar-refractivity contribution is 5.52. The minimum atomic E-state index is 0.0141. The first-order valence-corrected chi connectivity index (χ1v) is 6.42. The summed E-state index contributed by atoms with van der Waals surface area (Å²) in [5.74, 6) is 4.30. The fraction of sp³-hybridized carbons (Fsp3) is 0.533. The monoisotopic (exact) mass is 244 g/mol. The molecule has 0 atom stereocenters. The molecule has 96 valence electrons. The zero-order chi connectivity index (χ0) is 13.1. The molecule has 0 radical (unpaired) electrons. The van der Waals surface area contributed by atoms with Crippen molar-refractivity contribution in [1.29, 1.82) is 0 Å². The molecule has 1 aromatic rings. The number of nitrogens with zero attached hydrogens (tertiary/aromatic N) is 2. The van der Waals surface area contributed by atoms with Gasteiger partial charge < -0.3 is 10.0 Å². The summed E-state index contributed by atoms with van der Waals surface area (Å²) in [5, 5.41) is 9.54. The summed E-state index contributed by atoms with van der Waals surface area (Å²) < 4.78 is 0. The van der Waals surface area contributed by atoms with Gasteiger partial charge in [0, 0.05) is 17.8 Å². The standard InChI is InChI=1S/C15H20N2O/c1-4-7-17(9-13-5-6-13)15-14(10-18)11(2)8-12(3)16-15/h1,8,13,18H,5-7,9-10H2,2-3H3. The van der Waals surface area contributed by atoms with Gasteiger partial charge in [0.05, 0.1) is 13.2 Å². The van der Waals surface area contributed by atoms with E-state index in [2.05, 4.69) is 15.8 Å². The lowest BCUT2D eigenvalue weighted by Crippen LogP contribution is -2.28. The summed E-state index contributed by atoms with van der Waals surface area (Å²) in [4.78, 5) is 6.70. The van der Waals surface area contributed by atoms with Crippen LogP contribution in [0.4, 0.5) is 5.82 Å². The molecule has 0 spiro atoms. The number of aryl methyl sites for hydroxylation is 2. The molecule has 1 fully saturated rings. The summed E-state index contributed by atoms with van der Waals surface area (Å²) in [5.41, 5.74) is 2.95. The minimum absolute atomic E-state index is 0.0141. The SMILES string of the molecule is C#CCN(CC1CC1)c1nc(C)cc(C)c1CO. The van der Waals surface area contributed by atoms with E-state index in [9.17, 15) is 5.11 Å². The molecule has 1 heterocycles. The summed E-state index contributed by atoms with van der Waals surface area (Å²) >= 11 is 0. The largest absolute Gasteiger partial charge is 0.392 e. The molecule has 1 aromatic heterocycles. The lowest BCUT2D eigenvalue weighted by atomic mass is 10.1. The number of anilines is 1. The van der Waals surface area contributed by atoms with Gasteiger partial charge in [-0.05, 0) is 44.2 Å². The Morgan fingerprint density at radius 1 is 1.50 bits per heavy atom. The van der Waals surface area contributed by atoms with Crippen LogP contribution in [0.25, 0.3) is 0 Å². The van der Waals surface area contributed by atoms with Crippen molar-refractivity contribution in [2.75, 3.05) is 18.0 Å². The molecular formula is C15H20N2O. The van der Waals surface area contributed by atoms with Crippen molar-refractivity contribution in [2.24, 2.45) is 5.92 Å². The highest BCUT2D eigenvalue weighted by Crippen LogP contribution is 2.32. The zero-order valence-electron chi connectivity index (χ0n) is 11.1. The van der Waals surface area contributed by atoms with Crippen LogP contribution in [0.1, 0.15) is 29.7 Å². The topological polar surface area (TPSA) is 36.4 Å². The summed E-state index contributed by atoms with van der Waals surface area (Å²) in [6.07, 6.45) is 8.00. The van der Waals surface area contributed by atoms with E-state index in [1.165, 1.54) is 12.8 Å². The Labute approximate surface area is 109 Å². The number of rotatable bonds is 5. The molecule has 3 nitrogen and oxygen atoms in total. The average Bonchev–Trinajstić information content (AvgIpc) is 3.11. The number of pyridine rings is 1. The molecule has 1 saturated carbocycles. The van der Waals surface area contributed by atoms with E-state index in [1.807, 2.05) is 19.9 Å². The van der Waals surface area contributed by atoms with Crippen molar-refractivity contribution in [1.82, 2.24) is 4.98 Å². The third kappa shape index (κ3) is 2.83. The summed E-state index contributed by atoms with van der Waals surface area (Å²) in [6.45, 7) is 5.50. The molecule has 0 unspecified atom stereocenters. The molecule has 1 aliphatic rings. The van der Waals surface area contributed by atoms with Crippen LogP contribution in [0.15, 0.2) is 6.07 Å². The summed E-state index contributed by atoms with van der Waals surface area (Å²) in [7, 11) is 0. The van der Waals surface area contributed by atoms with Crippen molar-refractivity contribution < 1.29 is 5.11 Å². The van der Waals surface area contributed by atoms with Gasteiger partial charge in [0.15, 0.2) is 0 Å². The van der Waals surface area contributed by atoms with Crippen LogP contribution in [0.5, 0.6) is 0 Å². The predicted octanol–water partition coefficient (Wildman–Crippen LogP) is 2.04. The number of terminal acetylenes is 1. The van der Waals surface area contributed by atoms with Crippen LogP contribution in [0.3, 0.4) is 0 Å². The van der Waals surface area contributed by atoms with E-state index < -0.39 is 0 Å². The van der Waals surface area contributed by atoms with Crippen LogP contribution in [-0.2, 0) is 6.61 Å². The van der Waals surface area contributed by atoms with E-state index in [1.54, 1.807) is 0 Å². The first kappa shape index (κ1) is 12.9. The quantitative estimate of drug-likeness (QED) is 0.805. The van der Waals surface area contributed by atoms with Gasteiger partial charge in [-0.25, -0.2) is 4.98 Å². The van der Waals surface area contributed by atoms with E-state index >= 15 is 0 Å². The molecule has 1 N–H and O–H groups in total. The average molecular weight is 244 g/mol. The third-order valence-electron chi connectivity index (χ3n) is 3.37. The Morgan fingerprint density at radius 2 is 2.22 bits per heavy atom. The Bertz CT molecular complexity index is 472. The van der Waals surface area contributed by atoms with Gasteiger partial charge in [-0.1, -0.05) is 5.92 Å². The number of hydrogen-bond acceptors (Lipinski definition) is 3. The summed E-state index contributed by atoms with van der Waals surface area (Å²) in [6, 6.07) is 2.00. The number of aromatic nitrogens is 1. The Balaban J connectivity index is 2.35. The van der Waals surface area contributed by atoms with E-state index in [0.29, 0.717) is 6.54 Å². The molecule has 18 heavy (non-hydrogen) atoms. The lowest BCUT2D eigenvalue weighted by molar-refractivity contribution is 0.280. The maximum absolute atomic E-state index is 9.54. The third-order valence-corrected chi connectivity index (χ3v) is 3.37. The van der Waals surface area contributed by atoms with Gasteiger partial charge in [-0.2, -0.15) is 0 Å². The highest BCUT2D eigenvalue weighted by Gasteiger charge is 2.26. The Hall–Kier alpha value is -1.53. The lowest BCUT2D eigenvalue weighted by Gasteiger charge is -2.25. The van der Waals surface area contributed by atoms with Crippen molar-refractivity contribution in [3.8, 4) is 12.3 Å². The minimum Gasteiger partial charge on any atom is -0.392 e. The van der Waals surface area contributed by atoms with Gasteiger partial charge in [0.1, 0.15) is 5.82 Å². The van der Waals surface area contributed by atoms with Gasteiger partial charge >= 0.3 is 0 Å². The van der Waals surface area contributed by atoms with Crippen molar-refractivity contribution >= 4 is 5.82 Å². The van der Waals surface area contributed by atoms with Crippen LogP contribution in [0, 0.1) is 32.1 Å². The number of hydrogen-bond donors (Lipinski definition) is 1. The smallest absolute Gasteiger partial charge is 0.135 e. The highest BCUT2D eigenvalue weighted by atomic mass is 16.3. The first-order valence-electron chi connectivity index (χ1n) is 6.42. The zero-order valence-corrected chi connectivity index (χ0v) is 11.1. The van der Waals surface area contributed by atoms with E-state index in [4.69, 9.17) is 6.42 Å². The van der Waals surface area contributed by atoms with Gasteiger partial charge in [0.2, 0.25) is 0 Å². The van der Waals surface area contributed by atoms with Crippen molar-refractivity contribution in [3.05, 3.63) is 22.9 Å². The molecule has 2 rings (SSSR count). The van der Waals surface area contributed by atoms with Gasteiger partial charge in [0.25, 0.3) is 0 Å². The van der Waals surface area contributed by atoms with E-state index in [0.717, 1.165) is 35.1 Å². The number of aliphatic hydroxyl groups is 1. The Morgan fingerprint density at radius 3 is 2.78 bits per heavy atom. The maximum atomic E-state index is 9.54. The molecule has 0 saturated heterocycles.